The summed E-state index contributed by atoms with van der Waals surface area (Å²) >= 11 is 0. The van der Waals surface area contributed by atoms with E-state index in [4.69, 9.17) is 0 Å². The zero-order valence-corrected chi connectivity index (χ0v) is 10.3. The maximum atomic E-state index is 12.3. The van der Waals surface area contributed by atoms with E-state index in [0.717, 1.165) is 19.4 Å². The highest BCUT2D eigenvalue weighted by Gasteiger charge is 2.40. The van der Waals surface area contributed by atoms with Crippen molar-refractivity contribution in [1.29, 1.82) is 0 Å². The Morgan fingerprint density at radius 2 is 2.29 bits per heavy atom. The summed E-state index contributed by atoms with van der Waals surface area (Å²) in [7, 11) is -3.38. The molecule has 2 aliphatic rings. The number of aromatic amines is 1. The van der Waals surface area contributed by atoms with E-state index >= 15 is 0 Å². The number of rotatable bonds is 2. The third kappa shape index (κ3) is 1.88. The number of H-pyrrole nitrogens is 1. The molecule has 3 heterocycles. The van der Waals surface area contributed by atoms with Gasteiger partial charge in [0.2, 0.25) is 0 Å². The Labute approximate surface area is 100 Å². The van der Waals surface area contributed by atoms with Crippen LogP contribution in [-0.2, 0) is 10.0 Å². The topological polar surface area (TPSA) is 78.1 Å². The molecule has 0 radical (unpaired) electrons. The normalized spacial score (nSPS) is 30.4. The van der Waals surface area contributed by atoms with Gasteiger partial charge in [0.15, 0.2) is 5.03 Å². The summed E-state index contributed by atoms with van der Waals surface area (Å²) in [5, 5.41) is 3.59. The number of aromatic nitrogens is 2. The second-order valence-corrected chi connectivity index (χ2v) is 6.61. The molecule has 0 bridgehead atoms. The maximum Gasteiger partial charge on any atom is 0.260 e. The van der Waals surface area contributed by atoms with E-state index in [1.165, 1.54) is 12.5 Å². The Balaban J connectivity index is 1.82. The Hall–Kier alpha value is -0.920. The molecule has 0 saturated carbocycles. The van der Waals surface area contributed by atoms with Gasteiger partial charge in [-0.05, 0) is 25.3 Å². The van der Waals surface area contributed by atoms with Crippen LogP contribution in [0, 0.1) is 5.92 Å². The molecular weight excluding hydrogens is 240 g/mol. The minimum Gasteiger partial charge on any atom is -0.335 e. The maximum absolute atomic E-state index is 12.3. The van der Waals surface area contributed by atoms with Crippen molar-refractivity contribution >= 4 is 10.0 Å². The molecule has 0 aliphatic carbocycles. The molecule has 94 valence electrons. The number of fused-ring (bicyclic) bond motifs is 1. The molecule has 2 saturated heterocycles. The van der Waals surface area contributed by atoms with Gasteiger partial charge in [0, 0.05) is 19.1 Å². The van der Waals surface area contributed by atoms with Gasteiger partial charge >= 0.3 is 0 Å². The van der Waals surface area contributed by atoms with Crippen molar-refractivity contribution in [2.45, 2.75) is 23.9 Å². The van der Waals surface area contributed by atoms with Crippen LogP contribution >= 0.6 is 0 Å². The first-order valence-electron chi connectivity index (χ1n) is 5.90. The Bertz CT molecular complexity index is 470. The van der Waals surface area contributed by atoms with Gasteiger partial charge < -0.3 is 10.3 Å². The standard InChI is InChI=1S/C10H16N4O2S/c15-17(16,10-4-11-7-13-10)14-5-8-2-1-3-12-9(8)6-14/h4,7-9,12H,1-3,5-6H2,(H,11,13). The lowest BCUT2D eigenvalue weighted by molar-refractivity contribution is 0.339. The van der Waals surface area contributed by atoms with Crippen LogP contribution in [-0.4, -0.2) is 48.4 Å². The third-order valence-electron chi connectivity index (χ3n) is 3.66. The SMILES string of the molecule is O=S(=O)(c1cnc[nH]1)N1CC2CCCNC2C1. The highest BCUT2D eigenvalue weighted by molar-refractivity contribution is 7.89. The number of hydrogen-bond acceptors (Lipinski definition) is 4. The summed E-state index contributed by atoms with van der Waals surface area (Å²) in [4.78, 5) is 6.45. The molecule has 6 nitrogen and oxygen atoms in total. The largest absolute Gasteiger partial charge is 0.335 e. The van der Waals surface area contributed by atoms with Crippen LogP contribution in [0.25, 0.3) is 0 Å². The molecule has 7 heteroatoms. The predicted octanol–water partition coefficient (Wildman–Crippen LogP) is -0.218. The molecule has 2 aliphatic heterocycles. The van der Waals surface area contributed by atoms with Crippen molar-refractivity contribution in [2.75, 3.05) is 19.6 Å². The molecule has 0 aromatic carbocycles. The van der Waals surface area contributed by atoms with Gasteiger partial charge in [0.25, 0.3) is 10.0 Å². The van der Waals surface area contributed by atoms with E-state index in [1.54, 1.807) is 4.31 Å². The van der Waals surface area contributed by atoms with Gasteiger partial charge in [-0.1, -0.05) is 0 Å². The lowest BCUT2D eigenvalue weighted by atomic mass is 9.94. The fraction of sp³-hybridized carbons (Fsp3) is 0.700. The molecule has 1 aromatic heterocycles. The van der Waals surface area contributed by atoms with Crippen molar-refractivity contribution in [3.8, 4) is 0 Å². The Morgan fingerprint density at radius 1 is 1.41 bits per heavy atom. The molecule has 2 fully saturated rings. The number of sulfonamides is 1. The highest BCUT2D eigenvalue weighted by atomic mass is 32.2. The molecule has 2 atom stereocenters. The first kappa shape index (κ1) is 11.2. The molecule has 17 heavy (non-hydrogen) atoms. The van der Waals surface area contributed by atoms with Crippen LogP contribution < -0.4 is 5.32 Å². The fourth-order valence-corrected chi connectivity index (χ4v) is 4.15. The second-order valence-electron chi connectivity index (χ2n) is 4.70. The smallest absolute Gasteiger partial charge is 0.260 e. The van der Waals surface area contributed by atoms with Crippen molar-refractivity contribution in [2.24, 2.45) is 5.92 Å². The van der Waals surface area contributed by atoms with E-state index in [-0.39, 0.29) is 5.03 Å². The monoisotopic (exact) mass is 256 g/mol. The highest BCUT2D eigenvalue weighted by Crippen LogP contribution is 2.28. The van der Waals surface area contributed by atoms with Gasteiger partial charge in [-0.3, -0.25) is 0 Å². The fourth-order valence-electron chi connectivity index (χ4n) is 2.73. The van der Waals surface area contributed by atoms with E-state index in [0.29, 0.717) is 25.0 Å². The van der Waals surface area contributed by atoms with E-state index in [1.807, 2.05) is 0 Å². The first-order valence-corrected chi connectivity index (χ1v) is 7.34. The first-order chi connectivity index (χ1) is 8.18. The van der Waals surface area contributed by atoms with Crippen LogP contribution in [0.3, 0.4) is 0 Å². The molecule has 3 rings (SSSR count). The van der Waals surface area contributed by atoms with Crippen molar-refractivity contribution in [3.63, 3.8) is 0 Å². The summed E-state index contributed by atoms with van der Waals surface area (Å²) in [6.45, 7) is 2.20. The average molecular weight is 256 g/mol. The minimum atomic E-state index is -3.38. The van der Waals surface area contributed by atoms with Crippen LogP contribution in [0.4, 0.5) is 0 Å². The molecule has 0 amide bonds. The van der Waals surface area contributed by atoms with Crippen LogP contribution in [0.5, 0.6) is 0 Å². The summed E-state index contributed by atoms with van der Waals surface area (Å²) in [6, 6.07) is 0.321. The number of piperidine rings is 1. The van der Waals surface area contributed by atoms with Crippen LogP contribution in [0.15, 0.2) is 17.6 Å². The molecule has 1 aromatic rings. The molecule has 0 spiro atoms. The third-order valence-corrected chi connectivity index (χ3v) is 5.41. The van der Waals surface area contributed by atoms with Gasteiger partial charge in [-0.2, -0.15) is 4.31 Å². The molecule has 2 unspecified atom stereocenters. The van der Waals surface area contributed by atoms with Crippen molar-refractivity contribution < 1.29 is 8.42 Å². The quantitative estimate of drug-likeness (QED) is 0.767. The number of nitrogens with one attached hydrogen (secondary N) is 2. The average Bonchev–Trinajstić information content (AvgIpc) is 2.98. The van der Waals surface area contributed by atoms with E-state index < -0.39 is 10.0 Å². The summed E-state index contributed by atoms with van der Waals surface area (Å²) in [5.74, 6) is 0.460. The Morgan fingerprint density at radius 3 is 3.00 bits per heavy atom. The predicted molar refractivity (Wildman–Crippen MR) is 61.9 cm³/mol. The lowest BCUT2D eigenvalue weighted by Gasteiger charge is -2.24. The van der Waals surface area contributed by atoms with Crippen molar-refractivity contribution in [3.05, 3.63) is 12.5 Å². The summed E-state index contributed by atoms with van der Waals surface area (Å²) in [5.41, 5.74) is 0. The van der Waals surface area contributed by atoms with Crippen LogP contribution in [0.1, 0.15) is 12.8 Å². The van der Waals surface area contributed by atoms with Gasteiger partial charge in [-0.25, -0.2) is 13.4 Å². The molecular formula is C10H16N4O2S. The zero-order chi connectivity index (χ0) is 11.9. The van der Waals surface area contributed by atoms with Gasteiger partial charge in [-0.15, -0.1) is 0 Å². The number of nitrogens with zero attached hydrogens (tertiary/aromatic N) is 2. The van der Waals surface area contributed by atoms with Gasteiger partial charge in [0.1, 0.15) is 0 Å². The summed E-state index contributed by atoms with van der Waals surface area (Å²) in [6.07, 6.45) is 5.02. The van der Waals surface area contributed by atoms with Crippen molar-refractivity contribution in [1.82, 2.24) is 19.6 Å². The minimum absolute atomic E-state index is 0.191. The molecule has 2 N–H and O–H groups in total. The van der Waals surface area contributed by atoms with E-state index in [9.17, 15) is 8.42 Å². The lowest BCUT2D eigenvalue weighted by Crippen LogP contribution is -2.41. The second kappa shape index (κ2) is 4.08. The van der Waals surface area contributed by atoms with Gasteiger partial charge in [0.05, 0.1) is 12.5 Å². The van der Waals surface area contributed by atoms with E-state index in [2.05, 4.69) is 15.3 Å². The number of imidazole rings is 1. The Kier molecular flexibility index (Phi) is 2.68. The summed E-state index contributed by atoms with van der Waals surface area (Å²) < 4.78 is 26.1. The van der Waals surface area contributed by atoms with Crippen LogP contribution in [0.2, 0.25) is 0 Å². The number of hydrogen-bond donors (Lipinski definition) is 2. The zero-order valence-electron chi connectivity index (χ0n) is 9.46.